The Bertz CT molecular complexity index is 921. The number of benzene rings is 2. The lowest BCUT2D eigenvalue weighted by Gasteiger charge is -2.20. The number of H-pyrrole nitrogens is 1. The largest absolute Gasteiger partial charge is 0.497 e. The third-order valence-electron chi connectivity index (χ3n) is 4.28. The maximum Gasteiger partial charge on any atom is 0.252 e. The lowest BCUT2D eigenvalue weighted by molar-refractivity contribution is -0.115. The number of aryl methyl sites for hydroxylation is 1. The predicted octanol–water partition coefficient (Wildman–Crippen LogP) is 3.57. The molecule has 1 aliphatic heterocycles. The molecular weight excluding hydrogens is 348 g/mol. The second kappa shape index (κ2) is 6.84. The van der Waals surface area contributed by atoms with Gasteiger partial charge in [-0.25, -0.2) is 0 Å². The molecule has 1 aromatic heterocycles. The molecule has 0 unspecified atom stereocenters. The fourth-order valence-electron chi connectivity index (χ4n) is 2.86. The van der Waals surface area contributed by atoms with E-state index in [4.69, 9.17) is 4.74 Å². The summed E-state index contributed by atoms with van der Waals surface area (Å²) in [6.07, 6.45) is 0. The van der Waals surface area contributed by atoms with Crippen LogP contribution in [0.25, 0.3) is 11.4 Å². The SMILES string of the molecule is COc1ccc(-c2nc(N3C(=O)CS[C@H]3c3ccc(C)cc3)n[nH]2)cc1. The summed E-state index contributed by atoms with van der Waals surface area (Å²) in [5.74, 6) is 2.23. The molecule has 6 nitrogen and oxygen atoms in total. The van der Waals surface area contributed by atoms with Gasteiger partial charge in [0.15, 0.2) is 5.82 Å². The average Bonchev–Trinajstić information content (AvgIpc) is 3.29. The first kappa shape index (κ1) is 16.7. The van der Waals surface area contributed by atoms with Crippen molar-refractivity contribution in [2.45, 2.75) is 12.3 Å². The second-order valence-electron chi connectivity index (χ2n) is 6.05. The second-order valence-corrected chi connectivity index (χ2v) is 7.12. The molecule has 0 radical (unpaired) electrons. The van der Waals surface area contributed by atoms with E-state index in [0.29, 0.717) is 17.5 Å². The Morgan fingerprint density at radius 3 is 2.58 bits per heavy atom. The minimum absolute atomic E-state index is 0.0147. The standard InChI is InChI=1S/C19H18N4O2S/c1-12-3-5-14(6-4-12)18-23(16(24)11-26-18)19-20-17(21-22-19)13-7-9-15(25-2)10-8-13/h3-10,18H,11H2,1-2H3,(H,20,21,22)/t18-/m0/s1. The number of carbonyl (C=O) groups excluding carboxylic acids is 1. The number of methoxy groups -OCH3 is 1. The highest BCUT2D eigenvalue weighted by molar-refractivity contribution is 8.00. The number of aromatic amines is 1. The Balaban J connectivity index is 1.64. The molecule has 26 heavy (non-hydrogen) atoms. The maximum absolute atomic E-state index is 12.4. The Hall–Kier alpha value is -2.80. The molecule has 1 amide bonds. The van der Waals surface area contributed by atoms with Crippen LogP contribution >= 0.6 is 11.8 Å². The van der Waals surface area contributed by atoms with Gasteiger partial charge < -0.3 is 4.74 Å². The molecule has 1 N–H and O–H groups in total. The lowest BCUT2D eigenvalue weighted by atomic mass is 10.1. The van der Waals surface area contributed by atoms with E-state index < -0.39 is 0 Å². The number of hydrogen-bond acceptors (Lipinski definition) is 5. The zero-order valence-corrected chi connectivity index (χ0v) is 15.3. The van der Waals surface area contributed by atoms with Crippen LogP contribution < -0.4 is 9.64 Å². The van der Waals surface area contributed by atoms with Crippen molar-refractivity contribution in [2.24, 2.45) is 0 Å². The van der Waals surface area contributed by atoms with E-state index in [1.165, 1.54) is 5.56 Å². The van der Waals surface area contributed by atoms with Crippen LogP contribution in [0.3, 0.4) is 0 Å². The van der Waals surface area contributed by atoms with Gasteiger partial charge in [0.05, 0.1) is 12.9 Å². The Morgan fingerprint density at radius 2 is 1.88 bits per heavy atom. The molecule has 0 aliphatic carbocycles. The van der Waals surface area contributed by atoms with Gasteiger partial charge in [-0.05, 0) is 36.8 Å². The van der Waals surface area contributed by atoms with Gasteiger partial charge in [0.1, 0.15) is 11.1 Å². The number of amides is 1. The van der Waals surface area contributed by atoms with Crippen LogP contribution in [-0.2, 0) is 4.79 Å². The molecule has 7 heteroatoms. The number of anilines is 1. The molecule has 1 atom stereocenters. The minimum atomic E-state index is -0.109. The maximum atomic E-state index is 12.4. The Morgan fingerprint density at radius 1 is 1.15 bits per heavy atom. The number of nitrogens with zero attached hydrogens (tertiary/aromatic N) is 3. The number of aromatic nitrogens is 3. The van der Waals surface area contributed by atoms with Gasteiger partial charge in [-0.1, -0.05) is 29.8 Å². The van der Waals surface area contributed by atoms with Crippen molar-refractivity contribution >= 4 is 23.6 Å². The first-order valence-corrected chi connectivity index (χ1v) is 9.27. The van der Waals surface area contributed by atoms with Crippen molar-refractivity contribution in [2.75, 3.05) is 17.8 Å². The number of rotatable bonds is 4. The van der Waals surface area contributed by atoms with Crippen LogP contribution in [0.2, 0.25) is 0 Å². The topological polar surface area (TPSA) is 71.1 Å². The molecule has 0 bridgehead atoms. The van der Waals surface area contributed by atoms with E-state index in [2.05, 4.69) is 39.4 Å². The number of carbonyl (C=O) groups is 1. The average molecular weight is 366 g/mol. The third-order valence-corrected chi connectivity index (χ3v) is 5.50. The lowest BCUT2D eigenvalue weighted by Crippen LogP contribution is -2.28. The normalized spacial score (nSPS) is 16.9. The molecule has 1 aliphatic rings. The number of hydrogen-bond donors (Lipinski definition) is 1. The van der Waals surface area contributed by atoms with Gasteiger partial charge in [0.25, 0.3) is 5.95 Å². The number of thioether (sulfide) groups is 1. The first-order valence-electron chi connectivity index (χ1n) is 8.23. The summed E-state index contributed by atoms with van der Waals surface area (Å²) < 4.78 is 5.18. The van der Waals surface area contributed by atoms with Crippen molar-refractivity contribution in [3.63, 3.8) is 0 Å². The van der Waals surface area contributed by atoms with E-state index >= 15 is 0 Å². The zero-order chi connectivity index (χ0) is 18.1. The van der Waals surface area contributed by atoms with E-state index in [0.717, 1.165) is 16.9 Å². The summed E-state index contributed by atoms with van der Waals surface area (Å²) in [4.78, 5) is 18.7. The monoisotopic (exact) mass is 366 g/mol. The van der Waals surface area contributed by atoms with Gasteiger partial charge in [0, 0.05) is 5.56 Å². The molecule has 1 saturated heterocycles. The Labute approximate surface area is 155 Å². The van der Waals surface area contributed by atoms with Crippen molar-refractivity contribution in [1.82, 2.24) is 15.2 Å². The van der Waals surface area contributed by atoms with Gasteiger partial charge in [-0.15, -0.1) is 16.9 Å². The van der Waals surface area contributed by atoms with Crippen LogP contribution in [0.15, 0.2) is 48.5 Å². The van der Waals surface area contributed by atoms with E-state index in [9.17, 15) is 4.79 Å². The molecule has 0 spiro atoms. The summed E-state index contributed by atoms with van der Waals surface area (Å²) in [6, 6.07) is 15.7. The molecule has 4 rings (SSSR count). The van der Waals surface area contributed by atoms with E-state index in [-0.39, 0.29) is 11.3 Å². The van der Waals surface area contributed by atoms with Crippen molar-refractivity contribution in [3.05, 3.63) is 59.7 Å². The van der Waals surface area contributed by atoms with Crippen molar-refractivity contribution in [3.8, 4) is 17.1 Å². The van der Waals surface area contributed by atoms with Crippen molar-refractivity contribution in [1.29, 1.82) is 0 Å². The smallest absolute Gasteiger partial charge is 0.252 e. The molecule has 2 aromatic carbocycles. The highest BCUT2D eigenvalue weighted by atomic mass is 32.2. The van der Waals surface area contributed by atoms with Crippen LogP contribution in [0, 0.1) is 6.92 Å². The van der Waals surface area contributed by atoms with Gasteiger partial charge >= 0.3 is 0 Å². The number of ether oxygens (including phenoxy) is 1. The Kier molecular flexibility index (Phi) is 4.38. The fraction of sp³-hybridized carbons (Fsp3) is 0.211. The predicted molar refractivity (Wildman–Crippen MR) is 102 cm³/mol. The number of nitrogens with one attached hydrogen (secondary N) is 1. The molecular formula is C19H18N4O2S. The fourth-order valence-corrected chi connectivity index (χ4v) is 4.01. The van der Waals surface area contributed by atoms with E-state index in [1.54, 1.807) is 23.8 Å². The first-order chi connectivity index (χ1) is 12.7. The van der Waals surface area contributed by atoms with Gasteiger partial charge in [-0.2, -0.15) is 4.98 Å². The highest BCUT2D eigenvalue weighted by Crippen LogP contribution is 2.40. The van der Waals surface area contributed by atoms with Crippen LogP contribution in [-0.4, -0.2) is 34.0 Å². The third kappa shape index (κ3) is 3.06. The van der Waals surface area contributed by atoms with E-state index in [1.807, 2.05) is 31.2 Å². The summed E-state index contributed by atoms with van der Waals surface area (Å²) in [5.41, 5.74) is 3.15. The van der Waals surface area contributed by atoms with Crippen molar-refractivity contribution < 1.29 is 9.53 Å². The highest BCUT2D eigenvalue weighted by Gasteiger charge is 2.36. The quantitative estimate of drug-likeness (QED) is 0.764. The minimum Gasteiger partial charge on any atom is -0.497 e. The molecule has 1 fully saturated rings. The van der Waals surface area contributed by atoms with Crippen LogP contribution in [0.1, 0.15) is 16.5 Å². The molecule has 3 aromatic rings. The van der Waals surface area contributed by atoms with Crippen LogP contribution in [0.4, 0.5) is 5.95 Å². The summed E-state index contributed by atoms with van der Waals surface area (Å²) in [7, 11) is 1.63. The summed E-state index contributed by atoms with van der Waals surface area (Å²) >= 11 is 1.59. The molecule has 132 valence electrons. The molecule has 2 heterocycles. The summed E-state index contributed by atoms with van der Waals surface area (Å²) in [5, 5.41) is 7.11. The van der Waals surface area contributed by atoms with Gasteiger partial charge in [-0.3, -0.25) is 14.8 Å². The summed E-state index contributed by atoms with van der Waals surface area (Å²) in [6.45, 7) is 2.05. The molecule has 0 saturated carbocycles. The van der Waals surface area contributed by atoms with Gasteiger partial charge in [0.2, 0.25) is 5.91 Å². The van der Waals surface area contributed by atoms with Crippen LogP contribution in [0.5, 0.6) is 5.75 Å². The zero-order valence-electron chi connectivity index (χ0n) is 14.5.